The van der Waals surface area contributed by atoms with Crippen LogP contribution in [-0.2, 0) is 23.8 Å². The standard InChI is InChI=1S/C19H21NO5/c1-10(21)24-13-3-2-11-8-14-19-5-4-12(22)15-16(19)18(11,17(13)25-15)6-7-20(14)9-23-19/h2-3,14-17H,4-9H2,1H3/t14-,15+,16?,17?,18-,19-/m1/s1. The summed E-state index contributed by atoms with van der Waals surface area (Å²) in [7, 11) is 0. The Labute approximate surface area is 145 Å². The van der Waals surface area contributed by atoms with Gasteiger partial charge in [-0.3, -0.25) is 14.5 Å². The number of esters is 1. The van der Waals surface area contributed by atoms with Crippen LogP contribution in [0.1, 0.15) is 32.6 Å². The molecule has 25 heavy (non-hydrogen) atoms. The van der Waals surface area contributed by atoms with Gasteiger partial charge in [0.05, 0.1) is 5.60 Å². The number of hydrogen-bond donors (Lipinski definition) is 0. The molecule has 2 saturated carbocycles. The van der Waals surface area contributed by atoms with E-state index in [0.29, 0.717) is 25.0 Å². The molecule has 0 aromatic heterocycles. The van der Waals surface area contributed by atoms with Crippen LogP contribution in [0.2, 0.25) is 0 Å². The zero-order valence-corrected chi connectivity index (χ0v) is 14.2. The van der Waals surface area contributed by atoms with Crippen LogP contribution >= 0.6 is 0 Å². The topological polar surface area (TPSA) is 65.1 Å². The minimum Gasteiger partial charge on any atom is -0.428 e. The lowest BCUT2D eigenvalue weighted by Crippen LogP contribution is -2.64. The predicted molar refractivity (Wildman–Crippen MR) is 85.2 cm³/mol. The van der Waals surface area contributed by atoms with E-state index < -0.39 is 6.10 Å². The van der Waals surface area contributed by atoms with Crippen LogP contribution < -0.4 is 0 Å². The number of rotatable bonds is 1. The van der Waals surface area contributed by atoms with Crippen LogP contribution in [0.4, 0.5) is 0 Å². The highest BCUT2D eigenvalue weighted by Crippen LogP contribution is 2.69. The summed E-state index contributed by atoms with van der Waals surface area (Å²) in [6.07, 6.45) is 6.38. The van der Waals surface area contributed by atoms with Crippen LogP contribution in [0.15, 0.2) is 23.5 Å². The lowest BCUT2D eigenvalue weighted by molar-refractivity contribution is -0.156. The molecule has 3 unspecified atom stereocenters. The van der Waals surface area contributed by atoms with Crippen molar-refractivity contribution < 1.29 is 23.8 Å². The molecule has 4 bridgehead atoms. The summed E-state index contributed by atoms with van der Waals surface area (Å²) >= 11 is 0. The van der Waals surface area contributed by atoms with E-state index in [1.54, 1.807) is 0 Å². The van der Waals surface area contributed by atoms with Gasteiger partial charge in [0.15, 0.2) is 5.78 Å². The fourth-order valence-electron chi connectivity index (χ4n) is 6.72. The van der Waals surface area contributed by atoms with Crippen molar-refractivity contribution in [3.05, 3.63) is 23.5 Å². The summed E-state index contributed by atoms with van der Waals surface area (Å²) in [6, 6.07) is 0.334. The van der Waals surface area contributed by atoms with Crippen LogP contribution in [0, 0.1) is 11.3 Å². The second-order valence-corrected chi connectivity index (χ2v) is 8.29. The summed E-state index contributed by atoms with van der Waals surface area (Å²) in [5.74, 6) is 0.418. The van der Waals surface area contributed by atoms with Gasteiger partial charge < -0.3 is 14.2 Å². The third kappa shape index (κ3) is 1.50. The van der Waals surface area contributed by atoms with Crippen molar-refractivity contribution in [3.63, 3.8) is 0 Å². The number of ether oxygens (including phenoxy) is 3. The molecular formula is C19H21NO5. The molecule has 6 fully saturated rings. The van der Waals surface area contributed by atoms with E-state index in [4.69, 9.17) is 14.2 Å². The second kappa shape index (κ2) is 4.42. The van der Waals surface area contributed by atoms with E-state index in [1.807, 2.05) is 6.08 Å². The van der Waals surface area contributed by atoms with Crippen molar-refractivity contribution >= 4 is 11.8 Å². The van der Waals surface area contributed by atoms with Crippen molar-refractivity contribution in [1.29, 1.82) is 0 Å². The number of allylic oxidation sites excluding steroid dienone is 2. The second-order valence-electron chi connectivity index (χ2n) is 8.29. The monoisotopic (exact) mass is 343 g/mol. The molecule has 6 nitrogen and oxygen atoms in total. The number of Topliss-reactive ketones (excluding diaryl/α,β-unsaturated/α-hetero) is 1. The molecule has 0 N–H and O–H groups in total. The molecule has 7 rings (SSSR count). The first-order valence-corrected chi connectivity index (χ1v) is 9.22. The molecule has 0 aromatic carbocycles. The number of carbonyl (C=O) groups excluding carboxylic acids is 2. The number of fused-ring (bicyclic) bond motifs is 1. The first kappa shape index (κ1) is 14.6. The fraction of sp³-hybridized carbons (Fsp3) is 0.684. The first-order valence-electron chi connectivity index (χ1n) is 9.22. The SMILES string of the molecule is CC(=O)OC1=CC=C2C[C@H]3N4CC[C@@]25C1O[C@H]1C(=O)CC[C@]3(OC4)C15. The highest BCUT2D eigenvalue weighted by Gasteiger charge is 2.76. The van der Waals surface area contributed by atoms with Gasteiger partial charge >= 0.3 is 5.97 Å². The molecular weight excluding hydrogens is 322 g/mol. The summed E-state index contributed by atoms with van der Waals surface area (Å²) in [5.41, 5.74) is 0.787. The lowest BCUT2D eigenvalue weighted by Gasteiger charge is -2.55. The van der Waals surface area contributed by atoms with Gasteiger partial charge in [-0.2, -0.15) is 0 Å². The smallest absolute Gasteiger partial charge is 0.307 e. The molecule has 4 saturated heterocycles. The minimum absolute atomic E-state index is 0.0306. The largest absolute Gasteiger partial charge is 0.428 e. The van der Waals surface area contributed by atoms with Crippen LogP contribution in [0.25, 0.3) is 0 Å². The molecule has 4 aliphatic heterocycles. The van der Waals surface area contributed by atoms with Gasteiger partial charge in [-0.1, -0.05) is 11.6 Å². The van der Waals surface area contributed by atoms with Gasteiger partial charge in [0.1, 0.15) is 24.7 Å². The van der Waals surface area contributed by atoms with Gasteiger partial charge in [-0.15, -0.1) is 0 Å². The fourth-order valence-corrected chi connectivity index (χ4v) is 6.72. The maximum atomic E-state index is 12.7. The number of ketones is 1. The number of nitrogens with zero attached hydrogens (tertiary/aromatic N) is 1. The van der Waals surface area contributed by atoms with Gasteiger partial charge in [0.25, 0.3) is 0 Å². The Hall–Kier alpha value is -1.50. The molecule has 4 heterocycles. The van der Waals surface area contributed by atoms with Crippen molar-refractivity contribution in [2.24, 2.45) is 11.3 Å². The molecule has 6 heteroatoms. The summed E-state index contributed by atoms with van der Waals surface area (Å²) in [6.45, 7) is 3.00. The highest BCUT2D eigenvalue weighted by molar-refractivity contribution is 5.86. The Balaban J connectivity index is 1.58. The highest BCUT2D eigenvalue weighted by atomic mass is 16.6. The molecule has 7 aliphatic rings. The average molecular weight is 343 g/mol. The lowest BCUT2D eigenvalue weighted by atomic mass is 9.49. The maximum absolute atomic E-state index is 12.7. The molecule has 0 radical (unpaired) electrons. The normalized spacial score (nSPS) is 51.6. The Morgan fingerprint density at radius 2 is 2.24 bits per heavy atom. The molecule has 0 aromatic rings. The number of carbonyl (C=O) groups is 2. The van der Waals surface area contributed by atoms with Crippen molar-refractivity contribution in [2.45, 2.75) is 56.5 Å². The molecule has 132 valence electrons. The van der Waals surface area contributed by atoms with Gasteiger partial charge in [0, 0.05) is 37.3 Å². The van der Waals surface area contributed by atoms with Crippen LogP contribution in [0.3, 0.4) is 0 Å². The van der Waals surface area contributed by atoms with Crippen molar-refractivity contribution in [2.75, 3.05) is 13.3 Å². The molecule has 0 amide bonds. The summed E-state index contributed by atoms with van der Waals surface area (Å²) < 4.78 is 18.3. The van der Waals surface area contributed by atoms with E-state index in [2.05, 4.69) is 11.0 Å². The Bertz CT molecular complexity index is 772. The summed E-state index contributed by atoms with van der Waals surface area (Å²) in [5, 5.41) is 0. The first-order chi connectivity index (χ1) is 12.1. The maximum Gasteiger partial charge on any atom is 0.307 e. The van der Waals surface area contributed by atoms with Crippen LogP contribution in [-0.4, -0.2) is 53.8 Å². The average Bonchev–Trinajstić information content (AvgIpc) is 3.01. The van der Waals surface area contributed by atoms with Gasteiger partial charge in [-0.05, 0) is 25.3 Å². The predicted octanol–water partition coefficient (Wildman–Crippen LogP) is 1.31. The molecule has 7 atom stereocenters. The van der Waals surface area contributed by atoms with E-state index in [-0.39, 0.29) is 34.8 Å². The van der Waals surface area contributed by atoms with E-state index in [0.717, 1.165) is 25.8 Å². The zero-order valence-electron chi connectivity index (χ0n) is 14.2. The third-order valence-corrected chi connectivity index (χ3v) is 7.51. The Morgan fingerprint density at radius 1 is 1.36 bits per heavy atom. The van der Waals surface area contributed by atoms with Gasteiger partial charge in [-0.25, -0.2) is 0 Å². The quantitative estimate of drug-likeness (QED) is 0.669. The van der Waals surface area contributed by atoms with Crippen molar-refractivity contribution in [3.8, 4) is 0 Å². The minimum atomic E-state index is -0.444. The Kier molecular flexibility index (Phi) is 2.59. The van der Waals surface area contributed by atoms with Crippen LogP contribution in [0.5, 0.6) is 0 Å². The van der Waals surface area contributed by atoms with Gasteiger partial charge in [0.2, 0.25) is 0 Å². The van der Waals surface area contributed by atoms with E-state index in [9.17, 15) is 9.59 Å². The van der Waals surface area contributed by atoms with E-state index >= 15 is 0 Å². The zero-order chi connectivity index (χ0) is 17.0. The van der Waals surface area contributed by atoms with E-state index in [1.165, 1.54) is 12.5 Å². The molecule has 2 spiro atoms. The van der Waals surface area contributed by atoms with Crippen molar-refractivity contribution in [1.82, 2.24) is 4.90 Å². The Morgan fingerprint density at radius 3 is 3.08 bits per heavy atom. The molecule has 3 aliphatic carbocycles. The third-order valence-electron chi connectivity index (χ3n) is 7.51. The summed E-state index contributed by atoms with van der Waals surface area (Å²) in [4.78, 5) is 26.8. The number of hydrogen-bond acceptors (Lipinski definition) is 6.